The maximum Gasteiger partial charge on any atom is 0.272 e. The number of nitrogens with zero attached hydrogens (tertiary/aromatic N) is 1. The topological polar surface area (TPSA) is 39.2 Å². The molecule has 0 bridgehead atoms. The first-order valence-corrected chi connectivity index (χ1v) is 5.51. The van der Waals surface area contributed by atoms with E-state index in [0.29, 0.717) is 24.0 Å². The average Bonchev–Trinajstić information content (AvgIpc) is 2.34. The molecule has 5 heteroatoms. The first kappa shape index (κ1) is 13.5. The number of alkyl halides is 2. The van der Waals surface area contributed by atoms with Crippen LogP contribution in [-0.2, 0) is 6.42 Å². The predicted octanol–water partition coefficient (Wildman–Crippen LogP) is 2.88. The van der Waals surface area contributed by atoms with E-state index in [2.05, 4.69) is 4.98 Å². The van der Waals surface area contributed by atoms with Gasteiger partial charge in [0.2, 0.25) is 5.88 Å². The number of pyridine rings is 1. The molecule has 0 unspecified atom stereocenters. The van der Waals surface area contributed by atoms with E-state index in [1.807, 2.05) is 6.92 Å². The predicted molar refractivity (Wildman–Crippen MR) is 59.7 cm³/mol. The largest absolute Gasteiger partial charge is 0.471 e. The lowest BCUT2D eigenvalue weighted by Crippen LogP contribution is -2.10. The molecule has 94 valence electrons. The Kier molecular flexibility index (Phi) is 5.00. The maximum atomic E-state index is 12.0. The summed E-state index contributed by atoms with van der Waals surface area (Å²) in [5.41, 5.74) is 1.17. The van der Waals surface area contributed by atoms with Crippen molar-refractivity contribution in [2.45, 2.75) is 33.1 Å². The van der Waals surface area contributed by atoms with Crippen molar-refractivity contribution in [3.8, 4) is 5.88 Å². The molecule has 0 aliphatic carbocycles. The Morgan fingerprint density at radius 1 is 1.47 bits per heavy atom. The van der Waals surface area contributed by atoms with Crippen LogP contribution in [0.1, 0.15) is 36.2 Å². The lowest BCUT2D eigenvalue weighted by atomic mass is 10.1. The molecule has 1 aromatic rings. The van der Waals surface area contributed by atoms with Crippen molar-refractivity contribution in [1.29, 1.82) is 0 Å². The third-order valence-electron chi connectivity index (χ3n) is 2.30. The second-order valence-electron chi connectivity index (χ2n) is 3.52. The van der Waals surface area contributed by atoms with Crippen molar-refractivity contribution in [3.63, 3.8) is 0 Å². The van der Waals surface area contributed by atoms with Crippen molar-refractivity contribution in [1.82, 2.24) is 4.98 Å². The van der Waals surface area contributed by atoms with Crippen LogP contribution in [0.2, 0.25) is 0 Å². The van der Waals surface area contributed by atoms with E-state index < -0.39 is 13.0 Å². The number of ether oxygens (including phenoxy) is 1. The number of hydrogen-bond acceptors (Lipinski definition) is 3. The number of hydrogen-bond donors (Lipinski definition) is 0. The van der Waals surface area contributed by atoms with E-state index in [1.165, 1.54) is 6.20 Å². The van der Waals surface area contributed by atoms with E-state index in [-0.39, 0.29) is 11.7 Å². The monoisotopic (exact) mass is 243 g/mol. The van der Waals surface area contributed by atoms with Crippen LogP contribution in [-0.4, -0.2) is 23.8 Å². The number of aryl methyl sites for hydroxylation is 1. The summed E-state index contributed by atoms with van der Waals surface area (Å²) in [7, 11) is 0. The summed E-state index contributed by atoms with van der Waals surface area (Å²) in [6.45, 7) is 2.93. The Balaban J connectivity index is 2.89. The van der Waals surface area contributed by atoms with Gasteiger partial charge in [0.05, 0.1) is 0 Å². The van der Waals surface area contributed by atoms with Gasteiger partial charge in [0.1, 0.15) is 0 Å². The van der Waals surface area contributed by atoms with Gasteiger partial charge in [-0.05, 0) is 12.5 Å². The summed E-state index contributed by atoms with van der Waals surface area (Å²) in [5, 5.41) is 0. The standard InChI is InChI=1S/C12H15F2NO2/c1-3-8-5-9(10(16)4-2)6-15-12(8)17-7-11(13)14/h5-6,11H,3-4,7H2,1-2H3. The molecule has 0 saturated carbocycles. The Bertz CT molecular complexity index is 394. The summed E-state index contributed by atoms with van der Waals surface area (Å²) < 4.78 is 28.9. The third kappa shape index (κ3) is 3.76. The van der Waals surface area contributed by atoms with E-state index >= 15 is 0 Å². The third-order valence-corrected chi connectivity index (χ3v) is 2.30. The quantitative estimate of drug-likeness (QED) is 0.721. The Morgan fingerprint density at radius 2 is 2.18 bits per heavy atom. The van der Waals surface area contributed by atoms with Crippen LogP contribution in [0.25, 0.3) is 0 Å². The summed E-state index contributed by atoms with van der Waals surface area (Å²) in [5.74, 6) is 0.160. The fraction of sp³-hybridized carbons (Fsp3) is 0.500. The zero-order valence-corrected chi connectivity index (χ0v) is 9.87. The molecule has 1 aromatic heterocycles. The second kappa shape index (κ2) is 6.27. The molecule has 1 heterocycles. The highest BCUT2D eigenvalue weighted by Crippen LogP contribution is 2.18. The summed E-state index contributed by atoms with van der Waals surface area (Å²) in [6.07, 6.45) is -0.192. The number of carbonyl (C=O) groups excluding carboxylic acids is 1. The van der Waals surface area contributed by atoms with Crippen molar-refractivity contribution >= 4 is 5.78 Å². The zero-order valence-electron chi connectivity index (χ0n) is 9.87. The van der Waals surface area contributed by atoms with Crippen LogP contribution in [0.5, 0.6) is 5.88 Å². The van der Waals surface area contributed by atoms with Crippen LogP contribution in [0.4, 0.5) is 8.78 Å². The molecule has 0 spiro atoms. The van der Waals surface area contributed by atoms with Crippen LogP contribution in [0.3, 0.4) is 0 Å². The smallest absolute Gasteiger partial charge is 0.272 e. The minimum Gasteiger partial charge on any atom is -0.471 e. The van der Waals surface area contributed by atoms with E-state index in [0.717, 1.165) is 0 Å². The van der Waals surface area contributed by atoms with Crippen LogP contribution in [0, 0.1) is 0 Å². The number of rotatable bonds is 6. The Morgan fingerprint density at radius 3 is 2.71 bits per heavy atom. The lowest BCUT2D eigenvalue weighted by molar-refractivity contribution is 0.0790. The zero-order chi connectivity index (χ0) is 12.8. The highest BCUT2D eigenvalue weighted by molar-refractivity contribution is 5.95. The van der Waals surface area contributed by atoms with Crippen LogP contribution < -0.4 is 4.74 Å². The molecule has 0 N–H and O–H groups in total. The van der Waals surface area contributed by atoms with Gasteiger partial charge in [-0.2, -0.15) is 0 Å². The minimum atomic E-state index is -2.53. The van der Waals surface area contributed by atoms with Crippen molar-refractivity contribution in [3.05, 3.63) is 23.4 Å². The lowest BCUT2D eigenvalue weighted by Gasteiger charge is -2.09. The van der Waals surface area contributed by atoms with Gasteiger partial charge in [-0.15, -0.1) is 0 Å². The molecule has 0 atom stereocenters. The van der Waals surface area contributed by atoms with Gasteiger partial charge in [0, 0.05) is 23.7 Å². The van der Waals surface area contributed by atoms with E-state index in [9.17, 15) is 13.6 Å². The molecular formula is C12H15F2NO2. The first-order chi connectivity index (χ1) is 8.08. The summed E-state index contributed by atoms with van der Waals surface area (Å²) in [6, 6.07) is 1.65. The van der Waals surface area contributed by atoms with E-state index in [1.54, 1.807) is 13.0 Å². The molecule has 1 rings (SSSR count). The molecule has 3 nitrogen and oxygen atoms in total. The van der Waals surface area contributed by atoms with Crippen molar-refractivity contribution < 1.29 is 18.3 Å². The molecule has 0 radical (unpaired) electrons. The average molecular weight is 243 g/mol. The summed E-state index contributed by atoms with van der Waals surface area (Å²) in [4.78, 5) is 15.4. The number of aromatic nitrogens is 1. The number of ketones is 1. The number of halogens is 2. The van der Waals surface area contributed by atoms with Gasteiger partial charge >= 0.3 is 0 Å². The molecule has 0 fully saturated rings. The molecule has 17 heavy (non-hydrogen) atoms. The number of carbonyl (C=O) groups is 1. The first-order valence-electron chi connectivity index (χ1n) is 5.51. The highest BCUT2D eigenvalue weighted by Gasteiger charge is 2.11. The molecule has 0 amide bonds. The fourth-order valence-corrected chi connectivity index (χ4v) is 1.38. The van der Waals surface area contributed by atoms with Gasteiger partial charge in [0.15, 0.2) is 12.4 Å². The van der Waals surface area contributed by atoms with Crippen molar-refractivity contribution in [2.75, 3.05) is 6.61 Å². The Hall–Kier alpha value is -1.52. The minimum absolute atomic E-state index is 0.0207. The molecular weight excluding hydrogens is 228 g/mol. The van der Waals surface area contributed by atoms with Gasteiger partial charge in [-0.1, -0.05) is 13.8 Å². The number of Topliss-reactive ketones (excluding diaryl/α,β-unsaturated/α-hetero) is 1. The maximum absolute atomic E-state index is 12.0. The van der Waals surface area contributed by atoms with Gasteiger partial charge in [0.25, 0.3) is 6.43 Å². The fourth-order valence-electron chi connectivity index (χ4n) is 1.38. The van der Waals surface area contributed by atoms with Gasteiger partial charge in [-0.3, -0.25) is 4.79 Å². The summed E-state index contributed by atoms with van der Waals surface area (Å²) >= 11 is 0. The van der Waals surface area contributed by atoms with Crippen molar-refractivity contribution in [2.24, 2.45) is 0 Å². The highest BCUT2D eigenvalue weighted by atomic mass is 19.3. The van der Waals surface area contributed by atoms with Crippen LogP contribution in [0.15, 0.2) is 12.3 Å². The van der Waals surface area contributed by atoms with E-state index in [4.69, 9.17) is 4.74 Å². The Labute approximate surface area is 98.8 Å². The molecule has 0 aliphatic heterocycles. The van der Waals surface area contributed by atoms with Crippen LogP contribution >= 0.6 is 0 Å². The van der Waals surface area contributed by atoms with Gasteiger partial charge in [-0.25, -0.2) is 13.8 Å². The molecule has 0 aromatic carbocycles. The second-order valence-corrected chi connectivity index (χ2v) is 3.52. The molecule has 0 saturated heterocycles. The SMILES string of the molecule is CCC(=O)c1cnc(OCC(F)F)c(CC)c1. The van der Waals surface area contributed by atoms with Gasteiger partial charge < -0.3 is 4.74 Å². The molecule has 0 aliphatic rings. The normalized spacial score (nSPS) is 10.6.